The largest absolute Gasteiger partial charge is 0.334 e. The first-order chi connectivity index (χ1) is 18.5. The topological polar surface area (TPSA) is 93.0 Å². The van der Waals surface area contributed by atoms with Gasteiger partial charge in [-0.05, 0) is 75.8 Å². The van der Waals surface area contributed by atoms with Gasteiger partial charge in [0.25, 0.3) is 11.1 Å². The summed E-state index contributed by atoms with van der Waals surface area (Å²) < 4.78 is 3.13. The molecule has 0 spiro atoms. The van der Waals surface area contributed by atoms with Gasteiger partial charge in [0, 0.05) is 35.9 Å². The molecule has 2 aliphatic carbocycles. The van der Waals surface area contributed by atoms with Crippen LogP contribution in [-0.2, 0) is 0 Å². The number of nitrogens with one attached hydrogen (secondary N) is 1. The Morgan fingerprint density at radius 1 is 0.816 bits per heavy atom. The van der Waals surface area contributed by atoms with Crippen LogP contribution in [0.25, 0.3) is 16.9 Å². The summed E-state index contributed by atoms with van der Waals surface area (Å²) >= 11 is 0. The van der Waals surface area contributed by atoms with Gasteiger partial charge in [-0.15, -0.1) is 0 Å². The number of aromatic amines is 1. The van der Waals surface area contributed by atoms with E-state index >= 15 is 0 Å². The first-order valence-corrected chi connectivity index (χ1v) is 14.6. The highest BCUT2D eigenvalue weighted by molar-refractivity contribution is 5.75. The molecule has 4 bridgehead atoms. The average Bonchev–Trinajstić information content (AvgIpc) is 2.89. The zero-order chi connectivity index (χ0) is 26.0. The molecule has 1 N–H and O–H groups in total. The number of aryl methyl sites for hydroxylation is 1. The maximum absolute atomic E-state index is 14.1. The van der Waals surface area contributed by atoms with E-state index in [2.05, 4.69) is 14.9 Å². The van der Waals surface area contributed by atoms with Crippen molar-refractivity contribution in [1.82, 2.24) is 24.0 Å². The quantitative estimate of drug-likeness (QED) is 0.568. The van der Waals surface area contributed by atoms with Gasteiger partial charge < -0.3 is 4.57 Å². The minimum atomic E-state index is -0.637. The van der Waals surface area contributed by atoms with Crippen LogP contribution in [-0.4, -0.2) is 42.1 Å². The summed E-state index contributed by atoms with van der Waals surface area (Å²) in [5.41, 5.74) is 0.525. The van der Waals surface area contributed by atoms with Gasteiger partial charge in [0.05, 0.1) is 11.0 Å². The number of aromatic nitrogens is 4. The summed E-state index contributed by atoms with van der Waals surface area (Å²) in [7, 11) is 0. The number of piperidine rings is 2. The summed E-state index contributed by atoms with van der Waals surface area (Å²) in [4.78, 5) is 48.7. The molecule has 8 heteroatoms. The third kappa shape index (κ3) is 3.99. The predicted octanol–water partition coefficient (Wildman–Crippen LogP) is 4.07. The second kappa shape index (κ2) is 9.33. The van der Waals surface area contributed by atoms with Gasteiger partial charge in [-0.25, -0.2) is 14.3 Å². The van der Waals surface area contributed by atoms with Crippen LogP contribution in [0.4, 0.5) is 0 Å². The molecule has 4 heterocycles. The van der Waals surface area contributed by atoms with Crippen molar-refractivity contribution in [2.24, 2.45) is 11.8 Å². The fourth-order valence-electron chi connectivity index (χ4n) is 8.52. The number of nitrogens with zero attached hydrogens (tertiary/aromatic N) is 4. The molecule has 1 aromatic carbocycles. The van der Waals surface area contributed by atoms with Crippen LogP contribution < -0.4 is 16.8 Å². The monoisotopic (exact) mass is 515 g/mol. The fourth-order valence-corrected chi connectivity index (χ4v) is 8.52. The van der Waals surface area contributed by atoms with Crippen molar-refractivity contribution >= 4 is 11.0 Å². The molecule has 7 rings (SSSR count). The van der Waals surface area contributed by atoms with E-state index in [1.54, 1.807) is 6.92 Å². The zero-order valence-corrected chi connectivity index (χ0v) is 22.1. The summed E-state index contributed by atoms with van der Waals surface area (Å²) in [5.74, 6) is 1.86. The van der Waals surface area contributed by atoms with Gasteiger partial charge in [-0.3, -0.25) is 19.5 Å². The number of benzene rings is 1. The lowest BCUT2D eigenvalue weighted by molar-refractivity contribution is -0.0485. The van der Waals surface area contributed by atoms with E-state index in [1.165, 1.54) is 68.6 Å². The number of para-hydroxylation sites is 2. The molecule has 0 radical (unpaired) electrons. The molecule has 8 nitrogen and oxygen atoms in total. The summed E-state index contributed by atoms with van der Waals surface area (Å²) in [6.45, 7) is 1.63. The molecule has 3 aromatic rings. The number of H-pyrrole nitrogens is 1. The zero-order valence-electron chi connectivity index (χ0n) is 22.1. The van der Waals surface area contributed by atoms with Crippen LogP contribution in [0.15, 0.2) is 44.8 Å². The first-order valence-electron chi connectivity index (χ1n) is 14.6. The molecule has 4 unspecified atom stereocenters. The molecule has 4 atom stereocenters. The van der Waals surface area contributed by atoms with Gasteiger partial charge in [0.1, 0.15) is 0 Å². The highest BCUT2D eigenvalue weighted by Crippen LogP contribution is 2.47. The molecular formula is C30H37N5O3. The van der Waals surface area contributed by atoms with E-state index in [9.17, 15) is 14.4 Å². The number of hydrogen-bond donors (Lipinski definition) is 1. The Bertz CT molecular complexity index is 1530. The molecule has 2 aromatic heterocycles. The minimum Gasteiger partial charge on any atom is -0.300 e. The number of fused-ring (bicyclic) bond motifs is 5. The molecule has 38 heavy (non-hydrogen) atoms. The third-order valence-corrected chi connectivity index (χ3v) is 10.0. The Balaban J connectivity index is 1.29. The van der Waals surface area contributed by atoms with Crippen LogP contribution in [0.3, 0.4) is 0 Å². The SMILES string of the molecule is Cc1cn(-c2nc3ccccc3n(C3CC4CCCC(C3)N4C3CC4CCCC(C4)C3)c2=O)c(=O)[nH]c1=O. The third-order valence-electron chi connectivity index (χ3n) is 10.0. The molecule has 0 amide bonds. The van der Waals surface area contributed by atoms with Crippen LogP contribution in [0.2, 0.25) is 0 Å². The second-order valence-corrected chi connectivity index (χ2v) is 12.4. The standard InChI is InChI=1S/C30H37N5O3/c1-18-17-33(30(38)32-28(18)36)27-29(37)35(26-11-3-2-10-25(26)31-27)24-15-21-8-5-9-22(16-24)34(21)23-13-19-6-4-7-20(12-19)14-23/h2-3,10-11,17,19-24H,4-9,12-16H2,1H3,(H,32,36,38). The summed E-state index contributed by atoms with van der Waals surface area (Å²) in [6, 6.07) is 9.48. The molecule has 2 saturated heterocycles. The lowest BCUT2D eigenvalue weighted by atomic mass is 9.68. The number of hydrogen-bond acceptors (Lipinski definition) is 5. The molecule has 200 valence electrons. The second-order valence-electron chi connectivity index (χ2n) is 12.4. The van der Waals surface area contributed by atoms with Gasteiger partial charge in [0.2, 0.25) is 5.82 Å². The highest BCUT2D eigenvalue weighted by atomic mass is 16.2. The van der Waals surface area contributed by atoms with E-state index in [0.717, 1.165) is 30.2 Å². The molecule has 4 fully saturated rings. The van der Waals surface area contributed by atoms with E-state index in [1.807, 2.05) is 28.8 Å². The van der Waals surface area contributed by atoms with Crippen molar-refractivity contribution in [3.05, 3.63) is 67.2 Å². The van der Waals surface area contributed by atoms with E-state index in [4.69, 9.17) is 0 Å². The van der Waals surface area contributed by atoms with Crippen molar-refractivity contribution in [3.8, 4) is 5.82 Å². The Hall–Kier alpha value is -3.00. The van der Waals surface area contributed by atoms with E-state index in [-0.39, 0.29) is 17.4 Å². The van der Waals surface area contributed by atoms with Crippen LogP contribution in [0.5, 0.6) is 0 Å². The predicted molar refractivity (Wildman–Crippen MR) is 147 cm³/mol. The van der Waals surface area contributed by atoms with E-state index in [0.29, 0.717) is 29.2 Å². The Labute approximate surface area is 221 Å². The van der Waals surface area contributed by atoms with Gasteiger partial charge in [-0.2, -0.15) is 0 Å². The minimum absolute atomic E-state index is 0.0562. The summed E-state index contributed by atoms with van der Waals surface area (Å²) in [6.07, 6.45) is 15.4. The van der Waals surface area contributed by atoms with Crippen LogP contribution >= 0.6 is 0 Å². The Morgan fingerprint density at radius 3 is 2.24 bits per heavy atom. The molecule has 2 saturated carbocycles. The maximum Gasteiger partial charge on any atom is 0.334 e. The Morgan fingerprint density at radius 2 is 1.50 bits per heavy atom. The lowest BCUT2D eigenvalue weighted by Crippen LogP contribution is -2.58. The van der Waals surface area contributed by atoms with Gasteiger partial charge in [-0.1, -0.05) is 37.8 Å². The van der Waals surface area contributed by atoms with Crippen molar-refractivity contribution in [1.29, 1.82) is 0 Å². The first kappa shape index (κ1) is 24.1. The fraction of sp³-hybridized carbons (Fsp3) is 0.600. The molecule has 4 aliphatic rings. The summed E-state index contributed by atoms with van der Waals surface area (Å²) in [5, 5.41) is 0. The van der Waals surface area contributed by atoms with Gasteiger partial charge in [0.15, 0.2) is 0 Å². The van der Waals surface area contributed by atoms with Crippen LogP contribution in [0, 0.1) is 18.8 Å². The van der Waals surface area contributed by atoms with Crippen molar-refractivity contribution in [2.45, 2.75) is 102 Å². The van der Waals surface area contributed by atoms with Gasteiger partial charge >= 0.3 is 5.69 Å². The van der Waals surface area contributed by atoms with Crippen molar-refractivity contribution in [3.63, 3.8) is 0 Å². The van der Waals surface area contributed by atoms with Crippen LogP contribution in [0.1, 0.15) is 82.2 Å². The molecular weight excluding hydrogens is 478 g/mol. The Kier molecular flexibility index (Phi) is 5.91. The number of rotatable bonds is 3. The smallest absolute Gasteiger partial charge is 0.300 e. The van der Waals surface area contributed by atoms with E-state index < -0.39 is 11.2 Å². The van der Waals surface area contributed by atoms with Crippen molar-refractivity contribution < 1.29 is 0 Å². The average molecular weight is 516 g/mol. The normalized spacial score (nSPS) is 31.4. The lowest BCUT2D eigenvalue weighted by Gasteiger charge is -2.55. The molecule has 2 aliphatic heterocycles. The van der Waals surface area contributed by atoms with Crippen molar-refractivity contribution in [2.75, 3.05) is 0 Å². The highest BCUT2D eigenvalue weighted by Gasteiger charge is 2.45. The maximum atomic E-state index is 14.1.